The zero-order valence-corrected chi connectivity index (χ0v) is 8.76. The van der Waals surface area contributed by atoms with Crippen LogP contribution >= 0.6 is 0 Å². The lowest BCUT2D eigenvalue weighted by Gasteiger charge is -2.35. The summed E-state index contributed by atoms with van der Waals surface area (Å²) in [6.07, 6.45) is 1.76. The molecule has 0 rings (SSSR count). The first-order valence-corrected chi connectivity index (χ1v) is 4.39. The monoisotopic (exact) mass is 158 g/mol. The Hall–Kier alpha value is -0.0800. The predicted octanol–water partition coefficient (Wildman–Crippen LogP) is 1.62. The van der Waals surface area contributed by atoms with Crippen LogP contribution in [0.2, 0.25) is 0 Å². The van der Waals surface area contributed by atoms with Crippen molar-refractivity contribution in [3.63, 3.8) is 0 Å². The summed E-state index contributed by atoms with van der Waals surface area (Å²) in [6, 6.07) is 0.627. The van der Waals surface area contributed by atoms with Gasteiger partial charge < -0.3 is 0 Å². The minimum atomic E-state index is 0.579. The number of nitrogens with zero attached hydrogens (tertiary/aromatic N) is 2. The molecule has 0 aromatic carbocycles. The van der Waals surface area contributed by atoms with Crippen LogP contribution in [-0.4, -0.2) is 43.2 Å². The molecule has 0 fully saturated rings. The second-order valence-corrected chi connectivity index (χ2v) is 3.61. The SMILES string of the molecule is CCC(N(C)C)N(C)C(C)C. The van der Waals surface area contributed by atoms with Crippen molar-refractivity contribution in [2.75, 3.05) is 21.1 Å². The highest BCUT2D eigenvalue weighted by atomic mass is 15.3. The summed E-state index contributed by atoms with van der Waals surface area (Å²) < 4.78 is 0. The molecule has 1 unspecified atom stereocenters. The van der Waals surface area contributed by atoms with Crippen molar-refractivity contribution in [1.82, 2.24) is 9.80 Å². The van der Waals surface area contributed by atoms with E-state index in [-0.39, 0.29) is 0 Å². The quantitative estimate of drug-likeness (QED) is 0.574. The van der Waals surface area contributed by atoms with Gasteiger partial charge in [-0.15, -0.1) is 0 Å². The van der Waals surface area contributed by atoms with Crippen molar-refractivity contribution in [2.24, 2.45) is 0 Å². The Labute approximate surface area is 71.2 Å². The van der Waals surface area contributed by atoms with E-state index in [0.29, 0.717) is 12.2 Å². The normalized spacial score (nSPS) is 15.0. The van der Waals surface area contributed by atoms with Gasteiger partial charge in [0.05, 0.1) is 6.17 Å². The molecule has 0 amide bonds. The van der Waals surface area contributed by atoms with Gasteiger partial charge in [0, 0.05) is 6.04 Å². The Bertz CT molecular complexity index is 99.7. The molecule has 0 aromatic heterocycles. The van der Waals surface area contributed by atoms with Crippen molar-refractivity contribution in [2.45, 2.75) is 39.4 Å². The average Bonchev–Trinajstić information content (AvgIpc) is 1.88. The maximum absolute atomic E-state index is 2.39. The van der Waals surface area contributed by atoms with Crippen molar-refractivity contribution < 1.29 is 0 Å². The second kappa shape index (κ2) is 4.73. The molecule has 0 radical (unpaired) electrons. The fraction of sp³-hybridized carbons (Fsp3) is 1.00. The van der Waals surface area contributed by atoms with Crippen molar-refractivity contribution >= 4 is 0 Å². The van der Waals surface area contributed by atoms with E-state index in [9.17, 15) is 0 Å². The molecule has 0 aromatic rings. The van der Waals surface area contributed by atoms with E-state index in [0.717, 1.165) is 0 Å². The molecule has 2 nitrogen and oxygen atoms in total. The molecule has 0 aliphatic heterocycles. The van der Waals surface area contributed by atoms with Gasteiger partial charge in [-0.3, -0.25) is 9.80 Å². The summed E-state index contributed by atoms with van der Waals surface area (Å²) in [4.78, 5) is 4.65. The van der Waals surface area contributed by atoms with E-state index in [4.69, 9.17) is 0 Å². The molecule has 11 heavy (non-hydrogen) atoms. The zero-order chi connectivity index (χ0) is 9.02. The van der Waals surface area contributed by atoms with E-state index in [1.165, 1.54) is 6.42 Å². The van der Waals surface area contributed by atoms with Gasteiger partial charge in [-0.2, -0.15) is 0 Å². The van der Waals surface area contributed by atoms with Crippen LogP contribution in [0.3, 0.4) is 0 Å². The van der Waals surface area contributed by atoms with Crippen molar-refractivity contribution in [3.8, 4) is 0 Å². The Morgan fingerprint density at radius 1 is 1.09 bits per heavy atom. The third-order valence-electron chi connectivity index (χ3n) is 2.25. The van der Waals surface area contributed by atoms with Gasteiger partial charge in [-0.25, -0.2) is 0 Å². The first-order valence-electron chi connectivity index (χ1n) is 4.39. The molecule has 0 spiro atoms. The third-order valence-corrected chi connectivity index (χ3v) is 2.25. The van der Waals surface area contributed by atoms with E-state index in [1.54, 1.807) is 0 Å². The zero-order valence-electron chi connectivity index (χ0n) is 8.76. The second-order valence-electron chi connectivity index (χ2n) is 3.61. The lowest BCUT2D eigenvalue weighted by atomic mass is 10.2. The Morgan fingerprint density at radius 2 is 1.55 bits per heavy atom. The summed E-state index contributed by atoms with van der Waals surface area (Å²) in [5.74, 6) is 0. The lowest BCUT2D eigenvalue weighted by Crippen LogP contribution is -2.45. The first-order chi connectivity index (χ1) is 5.00. The maximum Gasteiger partial charge on any atom is 0.0614 e. The number of hydrogen-bond donors (Lipinski definition) is 0. The molecule has 1 atom stereocenters. The van der Waals surface area contributed by atoms with Crippen LogP contribution in [0.1, 0.15) is 27.2 Å². The van der Waals surface area contributed by atoms with E-state index in [1.807, 2.05) is 0 Å². The molecule has 0 aliphatic carbocycles. The summed E-state index contributed by atoms with van der Waals surface area (Å²) in [7, 11) is 6.44. The van der Waals surface area contributed by atoms with Crippen LogP contribution in [0.5, 0.6) is 0 Å². The van der Waals surface area contributed by atoms with Gasteiger partial charge in [0.2, 0.25) is 0 Å². The van der Waals surface area contributed by atoms with Gasteiger partial charge in [0.1, 0.15) is 0 Å². The number of hydrogen-bond acceptors (Lipinski definition) is 2. The first kappa shape index (κ1) is 10.9. The van der Waals surface area contributed by atoms with Crippen molar-refractivity contribution in [3.05, 3.63) is 0 Å². The van der Waals surface area contributed by atoms with Gasteiger partial charge in [0.25, 0.3) is 0 Å². The smallest absolute Gasteiger partial charge is 0.0614 e. The molecule has 0 aliphatic rings. The van der Waals surface area contributed by atoms with Crippen LogP contribution in [0.25, 0.3) is 0 Å². The fourth-order valence-corrected chi connectivity index (χ4v) is 1.36. The van der Waals surface area contributed by atoms with Crippen LogP contribution in [0.4, 0.5) is 0 Å². The molecular weight excluding hydrogens is 136 g/mol. The van der Waals surface area contributed by atoms with Gasteiger partial charge in [0.15, 0.2) is 0 Å². The van der Waals surface area contributed by atoms with Crippen LogP contribution in [0, 0.1) is 0 Å². The Morgan fingerprint density at radius 3 is 1.64 bits per heavy atom. The van der Waals surface area contributed by atoms with Crippen LogP contribution in [0.15, 0.2) is 0 Å². The predicted molar refractivity (Wildman–Crippen MR) is 50.7 cm³/mol. The molecule has 0 heterocycles. The van der Waals surface area contributed by atoms with Gasteiger partial charge >= 0.3 is 0 Å². The molecule has 2 heteroatoms. The van der Waals surface area contributed by atoms with Crippen LogP contribution < -0.4 is 0 Å². The average molecular weight is 158 g/mol. The number of rotatable bonds is 4. The summed E-state index contributed by atoms with van der Waals surface area (Å²) >= 11 is 0. The van der Waals surface area contributed by atoms with Crippen molar-refractivity contribution in [1.29, 1.82) is 0 Å². The van der Waals surface area contributed by atoms with E-state index >= 15 is 0 Å². The van der Waals surface area contributed by atoms with E-state index < -0.39 is 0 Å². The summed E-state index contributed by atoms with van der Waals surface area (Å²) in [5.41, 5.74) is 0. The highest BCUT2D eigenvalue weighted by Crippen LogP contribution is 2.07. The highest BCUT2D eigenvalue weighted by Gasteiger charge is 2.16. The summed E-state index contributed by atoms with van der Waals surface area (Å²) in [6.45, 7) is 6.68. The fourth-order valence-electron chi connectivity index (χ4n) is 1.36. The maximum atomic E-state index is 2.39. The lowest BCUT2D eigenvalue weighted by molar-refractivity contribution is 0.0747. The largest absolute Gasteiger partial charge is 0.294 e. The molecular formula is C9H22N2. The third kappa shape index (κ3) is 3.21. The minimum Gasteiger partial charge on any atom is -0.294 e. The highest BCUT2D eigenvalue weighted by molar-refractivity contribution is 4.66. The standard InChI is InChI=1S/C9H22N2/c1-7-9(10(4)5)11(6)8(2)3/h8-9H,7H2,1-6H3. The Kier molecular flexibility index (Phi) is 4.69. The Balaban J connectivity index is 4.02. The van der Waals surface area contributed by atoms with Gasteiger partial charge in [-0.1, -0.05) is 6.92 Å². The van der Waals surface area contributed by atoms with E-state index in [2.05, 4.69) is 51.7 Å². The van der Waals surface area contributed by atoms with Crippen LogP contribution in [-0.2, 0) is 0 Å². The molecule has 0 bridgehead atoms. The minimum absolute atomic E-state index is 0.579. The topological polar surface area (TPSA) is 6.48 Å². The molecule has 0 N–H and O–H groups in total. The molecule has 68 valence electrons. The molecule has 0 saturated carbocycles. The molecule has 0 saturated heterocycles. The van der Waals surface area contributed by atoms with Gasteiger partial charge in [-0.05, 0) is 41.4 Å². The summed E-state index contributed by atoms with van der Waals surface area (Å²) in [5, 5.41) is 0.